The van der Waals surface area contributed by atoms with Crippen molar-refractivity contribution in [3.63, 3.8) is 0 Å². The topological polar surface area (TPSA) is 40.6 Å². The van der Waals surface area contributed by atoms with Gasteiger partial charge in [0.05, 0.1) is 5.69 Å². The molecule has 1 fully saturated rings. The lowest BCUT2D eigenvalue weighted by Crippen LogP contribution is -2.46. The zero-order chi connectivity index (χ0) is 33.9. The second kappa shape index (κ2) is 21.5. The molecule has 4 nitrogen and oxygen atoms in total. The largest absolute Gasteiger partial charge is 0.367 e. The second-order valence-electron chi connectivity index (χ2n) is 12.7. The van der Waals surface area contributed by atoms with E-state index in [0.717, 1.165) is 95.6 Å². The van der Waals surface area contributed by atoms with Gasteiger partial charge in [-0.15, -0.1) is 0 Å². The molecule has 0 N–H and O–H groups in total. The number of unbranched alkanes of at least 4 members (excludes halogenated alkanes) is 5. The number of nitrogens with zero attached hydrogens (tertiary/aromatic N) is 2. The van der Waals surface area contributed by atoms with Gasteiger partial charge in [0.2, 0.25) is 0 Å². The first-order valence-corrected chi connectivity index (χ1v) is 18.0. The number of carbonyl (C=O) groups excluding carboxylic acids is 2. The van der Waals surface area contributed by atoms with Crippen molar-refractivity contribution in [3.8, 4) is 0 Å². The van der Waals surface area contributed by atoms with E-state index < -0.39 is 11.6 Å². The van der Waals surface area contributed by atoms with E-state index in [9.17, 15) is 18.4 Å². The molecule has 256 valence electrons. The Hall–Kier alpha value is -3.38. The highest BCUT2D eigenvalue weighted by Gasteiger charge is 2.19. The van der Waals surface area contributed by atoms with E-state index in [0.29, 0.717) is 18.0 Å². The number of rotatable bonds is 19. The first-order valence-electron chi connectivity index (χ1n) is 18.0. The van der Waals surface area contributed by atoms with E-state index in [1.54, 1.807) is 13.0 Å². The average molecular weight is 647 g/mol. The molecular weight excluding hydrogens is 590 g/mol. The van der Waals surface area contributed by atoms with Crippen LogP contribution in [0.4, 0.5) is 14.5 Å². The molecule has 1 unspecified atom stereocenters. The van der Waals surface area contributed by atoms with Gasteiger partial charge in [-0.05, 0) is 93.2 Å². The highest BCUT2D eigenvalue weighted by Crippen LogP contribution is 2.25. The highest BCUT2D eigenvalue weighted by molar-refractivity contribution is 5.94. The fourth-order valence-electron chi connectivity index (χ4n) is 6.58. The minimum Gasteiger partial charge on any atom is -0.367 e. The summed E-state index contributed by atoms with van der Waals surface area (Å²) < 4.78 is 27.4. The number of carbonyl (C=O) groups is 2. The van der Waals surface area contributed by atoms with Crippen LogP contribution < -0.4 is 4.90 Å². The van der Waals surface area contributed by atoms with E-state index in [1.807, 2.05) is 30.9 Å². The van der Waals surface area contributed by atoms with E-state index in [-0.39, 0.29) is 5.78 Å². The summed E-state index contributed by atoms with van der Waals surface area (Å²) in [5.41, 5.74) is 5.46. The minimum atomic E-state index is -0.531. The molecule has 4 rings (SSSR count). The van der Waals surface area contributed by atoms with Gasteiger partial charge in [0, 0.05) is 44.2 Å². The number of aryl methyl sites for hydroxylation is 2. The monoisotopic (exact) mass is 646 g/mol. The molecule has 1 aliphatic rings. The average Bonchev–Trinajstić information content (AvgIpc) is 3.09. The van der Waals surface area contributed by atoms with Crippen LogP contribution in [0.25, 0.3) is 0 Å². The van der Waals surface area contributed by atoms with Gasteiger partial charge in [-0.1, -0.05) is 88.1 Å². The summed E-state index contributed by atoms with van der Waals surface area (Å²) in [6.45, 7) is 10.0. The number of hydrogen-bond donors (Lipinski definition) is 0. The SMILES string of the molecule is CC.CC(=O)c1ccc(CC(CCCCC=O)CCc2ccccc2CCCCCCN2CCN(c3ccc(F)cc3F)CC2)cc1. The van der Waals surface area contributed by atoms with Gasteiger partial charge < -0.3 is 9.69 Å². The summed E-state index contributed by atoms with van der Waals surface area (Å²) >= 11 is 0. The summed E-state index contributed by atoms with van der Waals surface area (Å²) in [4.78, 5) is 27.0. The Balaban J connectivity index is 0.00000294. The van der Waals surface area contributed by atoms with Crippen LogP contribution in [0.2, 0.25) is 0 Å². The Kier molecular flexibility index (Phi) is 17.4. The first-order chi connectivity index (χ1) is 22.9. The Morgan fingerprint density at radius 2 is 1.47 bits per heavy atom. The summed E-state index contributed by atoms with van der Waals surface area (Å²) in [5, 5.41) is 0. The van der Waals surface area contributed by atoms with Crippen LogP contribution in [-0.4, -0.2) is 49.7 Å². The third kappa shape index (κ3) is 13.3. The van der Waals surface area contributed by atoms with Crippen molar-refractivity contribution in [2.45, 2.75) is 97.8 Å². The van der Waals surface area contributed by atoms with Crippen molar-refractivity contribution in [2.24, 2.45) is 5.92 Å². The molecule has 0 spiro atoms. The van der Waals surface area contributed by atoms with E-state index in [1.165, 1.54) is 48.4 Å². The number of anilines is 1. The zero-order valence-corrected chi connectivity index (χ0v) is 29.0. The Labute approximate surface area is 282 Å². The molecule has 0 aliphatic carbocycles. The lowest BCUT2D eigenvalue weighted by molar-refractivity contribution is -0.107. The highest BCUT2D eigenvalue weighted by atomic mass is 19.1. The van der Waals surface area contributed by atoms with Crippen molar-refractivity contribution >= 4 is 17.8 Å². The van der Waals surface area contributed by atoms with Crippen molar-refractivity contribution in [3.05, 3.63) is 101 Å². The molecule has 3 aromatic rings. The van der Waals surface area contributed by atoms with Crippen LogP contribution in [0.15, 0.2) is 66.7 Å². The molecule has 0 saturated carbocycles. The molecular formula is C41H56F2N2O2. The van der Waals surface area contributed by atoms with E-state index in [4.69, 9.17) is 0 Å². The van der Waals surface area contributed by atoms with Crippen molar-refractivity contribution in [2.75, 3.05) is 37.6 Å². The molecule has 1 atom stereocenters. The van der Waals surface area contributed by atoms with Crippen molar-refractivity contribution in [1.82, 2.24) is 4.90 Å². The molecule has 0 amide bonds. The van der Waals surface area contributed by atoms with Crippen LogP contribution in [0.1, 0.15) is 106 Å². The first kappa shape index (κ1) is 38.1. The second-order valence-corrected chi connectivity index (χ2v) is 12.7. The van der Waals surface area contributed by atoms with Gasteiger partial charge in [-0.25, -0.2) is 8.78 Å². The van der Waals surface area contributed by atoms with E-state index >= 15 is 0 Å². The number of hydrogen-bond acceptors (Lipinski definition) is 4. The van der Waals surface area contributed by atoms with E-state index in [2.05, 4.69) is 41.3 Å². The summed E-state index contributed by atoms with van der Waals surface area (Å²) in [5.74, 6) is -0.367. The molecule has 0 bridgehead atoms. The van der Waals surface area contributed by atoms with Crippen LogP contribution in [0.5, 0.6) is 0 Å². The normalized spacial score (nSPS) is 13.9. The Morgan fingerprint density at radius 1 is 0.787 bits per heavy atom. The summed E-state index contributed by atoms with van der Waals surface area (Å²) in [6, 6.07) is 20.8. The lowest BCUT2D eigenvalue weighted by Gasteiger charge is -2.36. The third-order valence-electron chi connectivity index (χ3n) is 9.30. The number of Topliss-reactive ketones (excluding diaryl/α,β-unsaturated/α-hetero) is 1. The number of ketones is 1. The van der Waals surface area contributed by atoms with Gasteiger partial charge in [0.15, 0.2) is 5.78 Å². The van der Waals surface area contributed by atoms with Gasteiger partial charge in [0.25, 0.3) is 0 Å². The predicted octanol–water partition coefficient (Wildman–Crippen LogP) is 9.67. The molecule has 0 radical (unpaired) electrons. The Morgan fingerprint density at radius 3 is 2.13 bits per heavy atom. The maximum Gasteiger partial charge on any atom is 0.159 e. The van der Waals surface area contributed by atoms with Crippen molar-refractivity contribution in [1.29, 1.82) is 0 Å². The molecule has 0 aromatic heterocycles. The van der Waals surface area contributed by atoms with Gasteiger partial charge >= 0.3 is 0 Å². The maximum absolute atomic E-state index is 14.1. The van der Waals surface area contributed by atoms with Gasteiger partial charge in [-0.2, -0.15) is 0 Å². The lowest BCUT2D eigenvalue weighted by atomic mass is 9.87. The Bertz CT molecular complexity index is 1340. The predicted molar refractivity (Wildman–Crippen MR) is 191 cm³/mol. The summed E-state index contributed by atoms with van der Waals surface area (Å²) in [7, 11) is 0. The molecule has 1 saturated heterocycles. The minimum absolute atomic E-state index is 0.0976. The standard InChI is InChI=1S/C39H50F2N2O2.C2H6/c1-31(45)34-18-15-33(16-19-34)29-32(11-5-4-10-28-44)17-20-36-14-8-7-13-35(36)12-6-2-3-9-23-42-24-26-43(27-25-42)39-22-21-37(40)30-38(39)41;1-2/h7-8,13-16,18-19,21-22,28,30,32H,2-6,9-12,17,20,23-27,29H2,1H3;1-2H3. The maximum atomic E-state index is 14.1. The molecule has 3 aromatic carbocycles. The third-order valence-corrected chi connectivity index (χ3v) is 9.30. The van der Waals surface area contributed by atoms with Crippen LogP contribution >= 0.6 is 0 Å². The molecule has 1 aliphatic heterocycles. The number of piperazine rings is 1. The summed E-state index contributed by atoms with van der Waals surface area (Å²) in [6.07, 6.45) is 13.9. The quantitative estimate of drug-likeness (QED) is 0.0739. The van der Waals surface area contributed by atoms with Gasteiger partial charge in [-0.3, -0.25) is 9.69 Å². The molecule has 6 heteroatoms. The van der Waals surface area contributed by atoms with Crippen LogP contribution in [0.3, 0.4) is 0 Å². The zero-order valence-electron chi connectivity index (χ0n) is 29.0. The fraction of sp³-hybridized carbons (Fsp3) is 0.512. The number of aldehydes is 1. The smallest absolute Gasteiger partial charge is 0.159 e. The van der Waals surface area contributed by atoms with Crippen molar-refractivity contribution < 1.29 is 18.4 Å². The number of benzene rings is 3. The van der Waals surface area contributed by atoms with Crippen LogP contribution in [0, 0.1) is 17.6 Å². The molecule has 1 heterocycles. The van der Waals surface area contributed by atoms with Crippen LogP contribution in [-0.2, 0) is 24.1 Å². The molecule has 47 heavy (non-hydrogen) atoms. The fourth-order valence-corrected chi connectivity index (χ4v) is 6.58. The van der Waals surface area contributed by atoms with Gasteiger partial charge in [0.1, 0.15) is 17.9 Å². The number of halogens is 2.